The van der Waals surface area contributed by atoms with Crippen LogP contribution in [-0.2, 0) is 16.1 Å². The number of rotatable bonds is 10. The number of carbonyl (C=O) groups excluding carboxylic acids is 1. The molecule has 0 heterocycles. The third-order valence-electron chi connectivity index (χ3n) is 3.27. The van der Waals surface area contributed by atoms with Crippen LogP contribution in [0.3, 0.4) is 0 Å². The molecule has 0 fully saturated rings. The number of allylic oxidation sites excluding steroid dienone is 2. The van der Waals surface area contributed by atoms with Gasteiger partial charge in [-0.1, -0.05) is 31.2 Å². The minimum absolute atomic E-state index is 0.170. The fourth-order valence-corrected chi connectivity index (χ4v) is 1.97. The van der Waals surface area contributed by atoms with Gasteiger partial charge in [0.25, 0.3) is 5.91 Å². The zero-order valence-electron chi connectivity index (χ0n) is 14.8. The van der Waals surface area contributed by atoms with Gasteiger partial charge in [-0.15, -0.1) is 0 Å². The minimum atomic E-state index is -0.170. The molecule has 5 nitrogen and oxygen atoms in total. The third-order valence-corrected chi connectivity index (χ3v) is 3.27. The van der Waals surface area contributed by atoms with Gasteiger partial charge in [0.1, 0.15) is 12.4 Å². The monoisotopic (exact) mass is 332 g/mol. The Hall–Kier alpha value is -2.27. The van der Waals surface area contributed by atoms with Crippen molar-refractivity contribution >= 4 is 5.91 Å². The number of nitrogens with one attached hydrogen (secondary N) is 1. The van der Waals surface area contributed by atoms with E-state index in [1.807, 2.05) is 44.2 Å². The fraction of sp³-hybridized carbons (Fsp3) is 0.421. The van der Waals surface area contributed by atoms with Crippen molar-refractivity contribution in [2.45, 2.75) is 33.7 Å². The molecule has 1 amide bonds. The fourth-order valence-electron chi connectivity index (χ4n) is 1.97. The van der Waals surface area contributed by atoms with Crippen molar-refractivity contribution in [2.24, 2.45) is 5.73 Å². The first kappa shape index (κ1) is 19.8. The maximum absolute atomic E-state index is 12.2. The molecule has 0 unspecified atom stereocenters. The molecule has 3 N–H and O–H groups in total. The van der Waals surface area contributed by atoms with E-state index in [0.29, 0.717) is 37.6 Å². The van der Waals surface area contributed by atoms with Gasteiger partial charge in [-0.25, -0.2) is 0 Å². The van der Waals surface area contributed by atoms with E-state index in [-0.39, 0.29) is 5.91 Å². The van der Waals surface area contributed by atoms with Gasteiger partial charge in [0.15, 0.2) is 0 Å². The van der Waals surface area contributed by atoms with Crippen LogP contribution >= 0.6 is 0 Å². The second-order valence-electron chi connectivity index (χ2n) is 5.28. The number of amides is 1. The zero-order valence-corrected chi connectivity index (χ0v) is 14.8. The predicted molar refractivity (Wildman–Crippen MR) is 96.6 cm³/mol. The second-order valence-corrected chi connectivity index (χ2v) is 5.28. The van der Waals surface area contributed by atoms with Gasteiger partial charge < -0.3 is 20.5 Å². The molecule has 0 atom stereocenters. The van der Waals surface area contributed by atoms with Crippen LogP contribution in [0.2, 0.25) is 0 Å². The molecule has 0 bridgehead atoms. The summed E-state index contributed by atoms with van der Waals surface area (Å²) >= 11 is 0. The van der Waals surface area contributed by atoms with Crippen LogP contribution in [0.25, 0.3) is 0 Å². The lowest BCUT2D eigenvalue weighted by Crippen LogP contribution is -2.25. The molecule has 24 heavy (non-hydrogen) atoms. The van der Waals surface area contributed by atoms with Gasteiger partial charge in [0, 0.05) is 18.8 Å². The molecule has 0 aliphatic rings. The van der Waals surface area contributed by atoms with Crippen LogP contribution in [0, 0.1) is 0 Å². The van der Waals surface area contributed by atoms with Crippen molar-refractivity contribution in [2.75, 3.05) is 19.8 Å². The maximum atomic E-state index is 12.2. The van der Waals surface area contributed by atoms with Gasteiger partial charge in [0.2, 0.25) is 0 Å². The molecule has 1 aromatic carbocycles. The summed E-state index contributed by atoms with van der Waals surface area (Å²) < 4.78 is 10.8. The number of hydrogen-bond donors (Lipinski definition) is 2. The normalized spacial score (nSPS) is 12.1. The molecular weight excluding hydrogens is 304 g/mol. The van der Waals surface area contributed by atoms with E-state index in [9.17, 15) is 4.79 Å². The summed E-state index contributed by atoms with van der Waals surface area (Å²) in [4.78, 5) is 12.2. The Labute approximate surface area is 144 Å². The lowest BCUT2D eigenvalue weighted by atomic mass is 10.1. The summed E-state index contributed by atoms with van der Waals surface area (Å²) in [5.74, 6) is 0.616. The van der Waals surface area contributed by atoms with Gasteiger partial charge in [-0.3, -0.25) is 4.79 Å². The molecule has 0 saturated carbocycles. The zero-order chi connectivity index (χ0) is 17.8. The number of ether oxygens (including phenoxy) is 2. The molecule has 0 aliphatic heterocycles. The lowest BCUT2D eigenvalue weighted by Gasteiger charge is -2.09. The van der Waals surface area contributed by atoms with Crippen LogP contribution < -0.4 is 15.8 Å². The molecule has 0 aliphatic carbocycles. The standard InChI is InChI=1S/C19H28N2O3/c1-4-6-7-18(15(3)20)19(22)21-14-16-8-10-17(11-9-16)24-13-12-23-5-2/h6-11H,4-5,12-14,20H2,1-3H3,(H,21,22)/b7-6-,18-15-. The Morgan fingerprint density at radius 3 is 2.50 bits per heavy atom. The van der Waals surface area contributed by atoms with Gasteiger partial charge in [-0.2, -0.15) is 0 Å². The van der Waals surface area contributed by atoms with Gasteiger partial charge >= 0.3 is 0 Å². The summed E-state index contributed by atoms with van der Waals surface area (Å²) in [5.41, 5.74) is 7.79. The first-order valence-electron chi connectivity index (χ1n) is 8.29. The largest absolute Gasteiger partial charge is 0.491 e. The molecule has 0 saturated heterocycles. The van der Waals surface area contributed by atoms with Crippen molar-refractivity contribution in [3.05, 3.63) is 53.3 Å². The molecule has 5 heteroatoms. The average Bonchev–Trinajstić information content (AvgIpc) is 2.58. The van der Waals surface area contributed by atoms with Crippen LogP contribution in [0.15, 0.2) is 47.7 Å². The highest BCUT2D eigenvalue weighted by Gasteiger charge is 2.08. The van der Waals surface area contributed by atoms with Crippen molar-refractivity contribution in [1.29, 1.82) is 0 Å². The van der Waals surface area contributed by atoms with E-state index < -0.39 is 0 Å². The number of hydrogen-bond acceptors (Lipinski definition) is 4. The highest BCUT2D eigenvalue weighted by Crippen LogP contribution is 2.12. The number of benzene rings is 1. The molecule has 0 spiro atoms. The molecule has 132 valence electrons. The molecule has 0 aromatic heterocycles. The van der Waals surface area contributed by atoms with Crippen LogP contribution in [-0.4, -0.2) is 25.7 Å². The smallest absolute Gasteiger partial charge is 0.253 e. The lowest BCUT2D eigenvalue weighted by molar-refractivity contribution is -0.117. The van der Waals surface area contributed by atoms with Crippen molar-refractivity contribution in [1.82, 2.24) is 5.32 Å². The summed E-state index contributed by atoms with van der Waals surface area (Å²) in [6, 6.07) is 7.62. The van der Waals surface area contributed by atoms with Gasteiger partial charge in [0.05, 0.1) is 12.2 Å². The third kappa shape index (κ3) is 7.33. The Kier molecular flexibility index (Phi) is 9.31. The van der Waals surface area contributed by atoms with E-state index in [1.54, 1.807) is 13.0 Å². The van der Waals surface area contributed by atoms with Crippen LogP contribution in [0.1, 0.15) is 32.8 Å². The Balaban J connectivity index is 2.50. The summed E-state index contributed by atoms with van der Waals surface area (Å²) in [6.07, 6.45) is 4.54. The van der Waals surface area contributed by atoms with Crippen LogP contribution in [0.4, 0.5) is 0 Å². The quantitative estimate of drug-likeness (QED) is 0.392. The van der Waals surface area contributed by atoms with E-state index in [1.165, 1.54) is 0 Å². The van der Waals surface area contributed by atoms with Crippen molar-refractivity contribution in [3.8, 4) is 5.75 Å². The predicted octanol–water partition coefficient (Wildman–Crippen LogP) is 2.92. The van der Waals surface area contributed by atoms with Crippen molar-refractivity contribution < 1.29 is 14.3 Å². The van der Waals surface area contributed by atoms with Crippen LogP contribution in [0.5, 0.6) is 5.75 Å². The average molecular weight is 332 g/mol. The first-order valence-corrected chi connectivity index (χ1v) is 8.29. The molecule has 1 rings (SSSR count). The summed E-state index contributed by atoms with van der Waals surface area (Å²) in [7, 11) is 0. The highest BCUT2D eigenvalue weighted by atomic mass is 16.5. The minimum Gasteiger partial charge on any atom is -0.491 e. The maximum Gasteiger partial charge on any atom is 0.253 e. The Morgan fingerprint density at radius 1 is 1.21 bits per heavy atom. The molecule has 1 aromatic rings. The van der Waals surface area contributed by atoms with Gasteiger partial charge in [-0.05, 0) is 38.0 Å². The second kappa shape index (κ2) is 11.3. The van der Waals surface area contributed by atoms with E-state index in [4.69, 9.17) is 15.2 Å². The summed E-state index contributed by atoms with van der Waals surface area (Å²) in [5, 5.41) is 2.88. The summed E-state index contributed by atoms with van der Waals surface area (Å²) in [6.45, 7) is 7.92. The molecular formula is C19H28N2O3. The van der Waals surface area contributed by atoms with E-state index in [2.05, 4.69) is 5.32 Å². The number of carbonyl (C=O) groups is 1. The Bertz CT molecular complexity index is 558. The Morgan fingerprint density at radius 2 is 1.92 bits per heavy atom. The topological polar surface area (TPSA) is 73.6 Å². The van der Waals surface area contributed by atoms with E-state index in [0.717, 1.165) is 17.7 Å². The highest BCUT2D eigenvalue weighted by molar-refractivity contribution is 5.96. The first-order chi connectivity index (χ1) is 11.6. The molecule has 0 radical (unpaired) electrons. The number of nitrogens with two attached hydrogens (primary N) is 1. The SMILES string of the molecule is CC/C=C\C(C(=O)NCc1ccc(OCCOCC)cc1)=C(/C)N. The van der Waals surface area contributed by atoms with E-state index >= 15 is 0 Å². The van der Waals surface area contributed by atoms with Crippen molar-refractivity contribution in [3.63, 3.8) is 0 Å².